The monoisotopic (exact) mass is 444 g/mol. The van der Waals surface area contributed by atoms with Gasteiger partial charge in [-0.3, -0.25) is 4.79 Å². The SMILES string of the molecule is Cc1ccc(C(C)NC(=S)Nc2cccc(C(=O)c3ccc(C(C)(C)C)cc3)c2)c(C)c1. The maximum Gasteiger partial charge on any atom is 0.193 e. The van der Waals surface area contributed by atoms with Crippen LogP contribution < -0.4 is 10.6 Å². The van der Waals surface area contributed by atoms with Gasteiger partial charge in [-0.1, -0.05) is 80.9 Å². The lowest BCUT2D eigenvalue weighted by Crippen LogP contribution is -2.31. The van der Waals surface area contributed by atoms with E-state index in [0.29, 0.717) is 16.2 Å². The van der Waals surface area contributed by atoms with E-state index in [1.165, 1.54) is 22.3 Å². The first-order valence-electron chi connectivity index (χ1n) is 10.9. The molecule has 0 radical (unpaired) electrons. The molecule has 0 aliphatic heterocycles. The van der Waals surface area contributed by atoms with Gasteiger partial charge in [-0.25, -0.2) is 0 Å². The van der Waals surface area contributed by atoms with Gasteiger partial charge in [0.2, 0.25) is 0 Å². The third-order valence-corrected chi connectivity index (χ3v) is 5.86. The van der Waals surface area contributed by atoms with Gasteiger partial charge in [0.1, 0.15) is 0 Å². The van der Waals surface area contributed by atoms with Crippen molar-refractivity contribution in [3.63, 3.8) is 0 Å². The second-order valence-corrected chi connectivity index (χ2v) is 9.83. The Morgan fingerprint density at radius 2 is 1.59 bits per heavy atom. The highest BCUT2D eigenvalue weighted by Gasteiger charge is 2.16. The number of carbonyl (C=O) groups is 1. The van der Waals surface area contributed by atoms with Crippen molar-refractivity contribution in [1.29, 1.82) is 0 Å². The van der Waals surface area contributed by atoms with E-state index in [4.69, 9.17) is 12.2 Å². The van der Waals surface area contributed by atoms with Crippen molar-refractivity contribution in [1.82, 2.24) is 5.32 Å². The van der Waals surface area contributed by atoms with E-state index >= 15 is 0 Å². The zero-order valence-electron chi connectivity index (χ0n) is 19.7. The Labute approximate surface area is 197 Å². The highest BCUT2D eigenvalue weighted by Crippen LogP contribution is 2.24. The van der Waals surface area contributed by atoms with Crippen LogP contribution >= 0.6 is 12.2 Å². The van der Waals surface area contributed by atoms with Crippen LogP contribution in [0, 0.1) is 13.8 Å². The molecule has 0 bridgehead atoms. The second-order valence-electron chi connectivity index (χ2n) is 9.42. The fraction of sp³-hybridized carbons (Fsp3) is 0.286. The molecule has 3 nitrogen and oxygen atoms in total. The molecular formula is C28H32N2OS. The fourth-order valence-electron chi connectivity index (χ4n) is 3.78. The van der Waals surface area contributed by atoms with Crippen LogP contribution in [0.2, 0.25) is 0 Å². The van der Waals surface area contributed by atoms with Gasteiger partial charge in [-0.15, -0.1) is 0 Å². The maximum absolute atomic E-state index is 13.0. The lowest BCUT2D eigenvalue weighted by Gasteiger charge is -2.20. The lowest BCUT2D eigenvalue weighted by atomic mass is 9.86. The molecular weight excluding hydrogens is 412 g/mol. The summed E-state index contributed by atoms with van der Waals surface area (Å²) >= 11 is 5.53. The van der Waals surface area contributed by atoms with E-state index in [9.17, 15) is 4.79 Å². The summed E-state index contributed by atoms with van der Waals surface area (Å²) in [4.78, 5) is 13.0. The van der Waals surface area contributed by atoms with Crippen molar-refractivity contribution in [2.75, 3.05) is 5.32 Å². The molecule has 3 rings (SSSR count). The number of anilines is 1. The van der Waals surface area contributed by atoms with Crippen molar-refractivity contribution in [3.05, 3.63) is 100 Å². The smallest absolute Gasteiger partial charge is 0.193 e. The molecule has 0 aliphatic carbocycles. The van der Waals surface area contributed by atoms with Crippen LogP contribution in [0.15, 0.2) is 66.7 Å². The minimum Gasteiger partial charge on any atom is -0.356 e. The Morgan fingerprint density at radius 3 is 2.22 bits per heavy atom. The molecule has 3 aromatic carbocycles. The van der Waals surface area contributed by atoms with E-state index in [2.05, 4.69) is 70.4 Å². The topological polar surface area (TPSA) is 41.1 Å². The summed E-state index contributed by atoms with van der Waals surface area (Å²) < 4.78 is 0. The molecule has 32 heavy (non-hydrogen) atoms. The number of ketones is 1. The van der Waals surface area contributed by atoms with Gasteiger partial charge in [0.05, 0.1) is 6.04 Å². The Kier molecular flexibility index (Phi) is 7.15. The first kappa shape index (κ1) is 23.7. The Bertz CT molecular complexity index is 1130. The highest BCUT2D eigenvalue weighted by molar-refractivity contribution is 7.80. The Balaban J connectivity index is 1.69. The number of rotatable bonds is 5. The molecule has 166 valence electrons. The molecule has 1 unspecified atom stereocenters. The molecule has 0 saturated heterocycles. The van der Waals surface area contributed by atoms with Gasteiger partial charge >= 0.3 is 0 Å². The predicted molar refractivity (Wildman–Crippen MR) is 139 cm³/mol. The van der Waals surface area contributed by atoms with Crippen molar-refractivity contribution in [2.45, 2.75) is 53.0 Å². The van der Waals surface area contributed by atoms with Crippen LogP contribution in [0.25, 0.3) is 0 Å². The molecule has 0 heterocycles. The molecule has 0 fully saturated rings. The van der Waals surface area contributed by atoms with Gasteiger partial charge in [-0.05, 0) is 67.2 Å². The van der Waals surface area contributed by atoms with Crippen LogP contribution in [-0.4, -0.2) is 10.9 Å². The van der Waals surface area contributed by atoms with E-state index in [1.54, 1.807) is 0 Å². The van der Waals surface area contributed by atoms with Crippen molar-refractivity contribution < 1.29 is 4.79 Å². The molecule has 3 aromatic rings. The molecule has 0 aromatic heterocycles. The van der Waals surface area contributed by atoms with Crippen molar-refractivity contribution >= 4 is 28.8 Å². The third-order valence-electron chi connectivity index (χ3n) is 5.64. The van der Waals surface area contributed by atoms with Crippen LogP contribution in [-0.2, 0) is 5.41 Å². The number of nitrogens with one attached hydrogen (secondary N) is 2. The Morgan fingerprint density at radius 1 is 0.906 bits per heavy atom. The lowest BCUT2D eigenvalue weighted by molar-refractivity contribution is 0.103. The van der Waals surface area contributed by atoms with E-state index in [1.807, 2.05) is 48.5 Å². The number of hydrogen-bond acceptors (Lipinski definition) is 2. The number of hydrogen-bond donors (Lipinski definition) is 2. The second kappa shape index (κ2) is 9.66. The number of aryl methyl sites for hydroxylation is 2. The van der Waals surface area contributed by atoms with Crippen LogP contribution in [0.5, 0.6) is 0 Å². The van der Waals surface area contributed by atoms with Crippen molar-refractivity contribution in [2.24, 2.45) is 0 Å². The largest absolute Gasteiger partial charge is 0.356 e. The summed E-state index contributed by atoms with van der Waals surface area (Å²) in [7, 11) is 0. The summed E-state index contributed by atoms with van der Waals surface area (Å²) in [5, 5.41) is 7.08. The van der Waals surface area contributed by atoms with Gasteiger partial charge in [0, 0.05) is 16.8 Å². The van der Waals surface area contributed by atoms with E-state index in [-0.39, 0.29) is 17.2 Å². The normalized spacial score (nSPS) is 12.2. The van der Waals surface area contributed by atoms with Crippen LogP contribution in [0.4, 0.5) is 5.69 Å². The molecule has 2 N–H and O–H groups in total. The van der Waals surface area contributed by atoms with Crippen LogP contribution in [0.3, 0.4) is 0 Å². The van der Waals surface area contributed by atoms with E-state index in [0.717, 1.165) is 5.69 Å². The molecule has 0 spiro atoms. The predicted octanol–water partition coefficient (Wildman–Crippen LogP) is 6.88. The van der Waals surface area contributed by atoms with Gasteiger partial charge < -0.3 is 10.6 Å². The average Bonchev–Trinajstić information content (AvgIpc) is 2.72. The number of thiocarbonyl (C=S) groups is 1. The maximum atomic E-state index is 13.0. The standard InChI is InChI=1S/C28H32N2OS/c1-18-10-15-25(19(2)16-18)20(3)29-27(32)30-24-9-7-8-22(17-24)26(31)21-11-13-23(14-12-21)28(4,5)6/h7-17,20H,1-6H3,(H2,29,30,32). The minimum atomic E-state index is -0.00312. The number of carbonyl (C=O) groups excluding carboxylic acids is 1. The summed E-state index contributed by atoms with van der Waals surface area (Å²) in [5.41, 5.74) is 7.05. The zero-order chi connectivity index (χ0) is 23.5. The van der Waals surface area contributed by atoms with Gasteiger partial charge in [-0.2, -0.15) is 0 Å². The minimum absolute atomic E-state index is 0.00312. The molecule has 4 heteroatoms. The fourth-order valence-corrected chi connectivity index (χ4v) is 4.07. The summed E-state index contributed by atoms with van der Waals surface area (Å²) in [6.45, 7) is 12.8. The quantitative estimate of drug-likeness (QED) is 0.332. The highest BCUT2D eigenvalue weighted by atomic mass is 32.1. The molecule has 0 saturated carbocycles. The summed E-state index contributed by atoms with van der Waals surface area (Å²) in [6.07, 6.45) is 0. The Hall–Kier alpha value is -2.98. The number of benzene rings is 3. The van der Waals surface area contributed by atoms with Gasteiger partial charge in [0.25, 0.3) is 0 Å². The summed E-state index contributed by atoms with van der Waals surface area (Å²) in [5.74, 6) is -0.00312. The van der Waals surface area contributed by atoms with Gasteiger partial charge in [0.15, 0.2) is 10.9 Å². The first-order chi connectivity index (χ1) is 15.0. The summed E-state index contributed by atoms with van der Waals surface area (Å²) in [6, 6.07) is 21.8. The molecule has 1 atom stereocenters. The van der Waals surface area contributed by atoms with Crippen LogP contribution in [0.1, 0.15) is 71.9 Å². The first-order valence-corrected chi connectivity index (χ1v) is 11.4. The van der Waals surface area contributed by atoms with E-state index < -0.39 is 0 Å². The average molecular weight is 445 g/mol. The van der Waals surface area contributed by atoms with Crippen molar-refractivity contribution in [3.8, 4) is 0 Å². The third kappa shape index (κ3) is 5.83. The molecule has 0 aliphatic rings. The zero-order valence-corrected chi connectivity index (χ0v) is 20.6. The molecule has 0 amide bonds.